The molecule has 2 amide bonds. The van der Waals surface area contributed by atoms with Crippen molar-refractivity contribution in [3.05, 3.63) is 51.7 Å². The van der Waals surface area contributed by atoms with Crippen molar-refractivity contribution in [2.24, 2.45) is 0 Å². The third kappa shape index (κ3) is 3.77. The molecular weight excluding hydrogens is 282 g/mol. The molecule has 0 aliphatic rings. The van der Waals surface area contributed by atoms with Gasteiger partial charge in [0.25, 0.3) is 0 Å². The second-order valence-electron chi connectivity index (χ2n) is 4.15. The molecule has 0 atom stereocenters. The van der Waals surface area contributed by atoms with E-state index in [4.69, 9.17) is 0 Å². The van der Waals surface area contributed by atoms with E-state index in [-0.39, 0.29) is 5.69 Å². The minimum atomic E-state index is -0.675. The van der Waals surface area contributed by atoms with Crippen molar-refractivity contribution >= 4 is 23.1 Å². The quantitative estimate of drug-likeness (QED) is 0.882. The molecule has 106 valence electrons. The van der Waals surface area contributed by atoms with Crippen LogP contribution in [-0.2, 0) is 13.0 Å². The van der Waals surface area contributed by atoms with Gasteiger partial charge in [0.15, 0.2) is 0 Å². The van der Waals surface area contributed by atoms with Gasteiger partial charge in [-0.2, -0.15) is 0 Å². The summed E-state index contributed by atoms with van der Waals surface area (Å²) in [6, 6.07) is 6.28. The van der Waals surface area contributed by atoms with E-state index in [1.54, 1.807) is 11.3 Å². The number of rotatable bonds is 4. The van der Waals surface area contributed by atoms with E-state index in [1.807, 2.05) is 12.1 Å². The van der Waals surface area contributed by atoms with Gasteiger partial charge >= 0.3 is 6.03 Å². The summed E-state index contributed by atoms with van der Waals surface area (Å²) in [4.78, 5) is 13.9. The van der Waals surface area contributed by atoms with E-state index >= 15 is 0 Å². The Morgan fingerprint density at radius 1 is 1.20 bits per heavy atom. The van der Waals surface area contributed by atoms with Crippen molar-refractivity contribution in [1.82, 2.24) is 5.32 Å². The highest BCUT2D eigenvalue weighted by molar-refractivity contribution is 7.11. The molecule has 20 heavy (non-hydrogen) atoms. The lowest BCUT2D eigenvalue weighted by Gasteiger charge is -2.07. The molecule has 0 aliphatic carbocycles. The summed E-state index contributed by atoms with van der Waals surface area (Å²) >= 11 is 1.61. The van der Waals surface area contributed by atoms with Gasteiger partial charge < -0.3 is 10.6 Å². The van der Waals surface area contributed by atoms with Crippen LogP contribution in [0.3, 0.4) is 0 Å². The molecule has 1 aromatic heterocycles. The molecule has 2 aromatic rings. The van der Waals surface area contributed by atoms with Crippen LogP contribution in [0.4, 0.5) is 19.3 Å². The Morgan fingerprint density at radius 3 is 2.65 bits per heavy atom. The third-order valence-corrected chi connectivity index (χ3v) is 3.90. The molecule has 2 N–H and O–H groups in total. The Labute approximate surface area is 119 Å². The average molecular weight is 296 g/mol. The highest BCUT2D eigenvalue weighted by Gasteiger charge is 2.08. The Balaban J connectivity index is 1.90. The normalized spacial score (nSPS) is 10.3. The number of thiophene rings is 1. The standard InChI is InChI=1S/C14H14F2N2OS/c1-2-10-4-5-11(20-10)8-17-14(19)18-13-7-9(15)3-6-12(13)16/h3-7H,2,8H2,1H3,(H2,17,18,19). The molecule has 0 fully saturated rings. The Hall–Kier alpha value is -1.95. The predicted molar refractivity (Wildman–Crippen MR) is 75.9 cm³/mol. The van der Waals surface area contributed by atoms with E-state index in [9.17, 15) is 13.6 Å². The number of hydrogen-bond donors (Lipinski definition) is 2. The molecule has 6 heteroatoms. The zero-order valence-corrected chi connectivity index (χ0v) is 11.7. The van der Waals surface area contributed by atoms with Crippen molar-refractivity contribution in [3.63, 3.8) is 0 Å². The van der Waals surface area contributed by atoms with Crippen molar-refractivity contribution in [3.8, 4) is 0 Å². The van der Waals surface area contributed by atoms with E-state index < -0.39 is 17.7 Å². The minimum Gasteiger partial charge on any atom is -0.333 e. The highest BCUT2D eigenvalue weighted by atomic mass is 32.1. The largest absolute Gasteiger partial charge is 0.333 e. The highest BCUT2D eigenvalue weighted by Crippen LogP contribution is 2.17. The summed E-state index contributed by atoms with van der Waals surface area (Å²) in [5.41, 5.74) is -0.178. The first-order chi connectivity index (χ1) is 9.58. The molecule has 0 bridgehead atoms. The average Bonchev–Trinajstić information content (AvgIpc) is 2.89. The summed E-state index contributed by atoms with van der Waals surface area (Å²) in [5.74, 6) is -1.28. The Kier molecular flexibility index (Phi) is 4.68. The fourth-order valence-corrected chi connectivity index (χ4v) is 2.53. The number of amides is 2. The van der Waals surface area contributed by atoms with Crippen LogP contribution >= 0.6 is 11.3 Å². The van der Waals surface area contributed by atoms with Crippen LogP contribution in [-0.4, -0.2) is 6.03 Å². The van der Waals surface area contributed by atoms with Crippen LogP contribution < -0.4 is 10.6 Å². The monoisotopic (exact) mass is 296 g/mol. The van der Waals surface area contributed by atoms with Gasteiger partial charge in [-0.3, -0.25) is 0 Å². The van der Waals surface area contributed by atoms with E-state index in [2.05, 4.69) is 17.6 Å². The molecule has 1 aromatic carbocycles. The summed E-state index contributed by atoms with van der Waals surface area (Å²) in [5, 5.41) is 4.88. The van der Waals surface area contributed by atoms with Gasteiger partial charge in [-0.1, -0.05) is 6.92 Å². The summed E-state index contributed by atoms with van der Waals surface area (Å²) in [7, 11) is 0. The molecule has 0 saturated heterocycles. The number of hydrogen-bond acceptors (Lipinski definition) is 2. The minimum absolute atomic E-state index is 0.178. The lowest BCUT2D eigenvalue weighted by molar-refractivity contribution is 0.251. The molecule has 0 unspecified atom stereocenters. The van der Waals surface area contributed by atoms with Gasteiger partial charge in [0, 0.05) is 15.8 Å². The van der Waals surface area contributed by atoms with Gasteiger partial charge in [-0.05, 0) is 30.7 Å². The van der Waals surface area contributed by atoms with Crippen molar-refractivity contribution in [2.75, 3.05) is 5.32 Å². The fraction of sp³-hybridized carbons (Fsp3) is 0.214. The number of anilines is 1. The summed E-state index contributed by atoms with van der Waals surface area (Å²) in [6.45, 7) is 2.41. The topological polar surface area (TPSA) is 41.1 Å². The van der Waals surface area contributed by atoms with Crippen molar-refractivity contribution in [1.29, 1.82) is 0 Å². The molecule has 0 saturated carbocycles. The maximum Gasteiger partial charge on any atom is 0.319 e. The zero-order chi connectivity index (χ0) is 14.5. The molecule has 1 heterocycles. The number of carbonyl (C=O) groups excluding carboxylic acids is 1. The SMILES string of the molecule is CCc1ccc(CNC(=O)Nc2cc(F)ccc2F)s1. The van der Waals surface area contributed by atoms with E-state index in [0.717, 1.165) is 29.5 Å². The van der Waals surface area contributed by atoms with E-state index in [0.29, 0.717) is 6.54 Å². The second kappa shape index (κ2) is 6.47. The number of aryl methyl sites for hydroxylation is 1. The smallest absolute Gasteiger partial charge is 0.319 e. The predicted octanol–water partition coefficient (Wildman–Crippen LogP) is 3.91. The Bertz CT molecular complexity index is 613. The molecule has 2 rings (SSSR count). The maximum absolute atomic E-state index is 13.3. The summed E-state index contributed by atoms with van der Waals surface area (Å²) < 4.78 is 26.3. The van der Waals surface area contributed by atoms with Crippen LogP contribution in [0.15, 0.2) is 30.3 Å². The van der Waals surface area contributed by atoms with Crippen LogP contribution in [0, 0.1) is 11.6 Å². The van der Waals surface area contributed by atoms with Gasteiger partial charge in [-0.15, -0.1) is 11.3 Å². The van der Waals surface area contributed by atoms with Gasteiger partial charge in [0.05, 0.1) is 12.2 Å². The molecule has 0 radical (unpaired) electrons. The second-order valence-corrected chi connectivity index (χ2v) is 5.41. The number of halogens is 2. The number of benzene rings is 1. The lowest BCUT2D eigenvalue weighted by atomic mass is 10.3. The molecule has 0 spiro atoms. The number of urea groups is 1. The first-order valence-electron chi connectivity index (χ1n) is 6.16. The number of nitrogens with one attached hydrogen (secondary N) is 2. The van der Waals surface area contributed by atoms with E-state index in [1.165, 1.54) is 4.88 Å². The first kappa shape index (κ1) is 14.5. The Morgan fingerprint density at radius 2 is 1.95 bits per heavy atom. The zero-order valence-electron chi connectivity index (χ0n) is 10.9. The lowest BCUT2D eigenvalue weighted by Crippen LogP contribution is -2.28. The van der Waals surface area contributed by atoms with Gasteiger partial charge in [0.1, 0.15) is 11.6 Å². The molecular formula is C14H14F2N2OS. The van der Waals surface area contributed by atoms with Crippen molar-refractivity contribution < 1.29 is 13.6 Å². The first-order valence-corrected chi connectivity index (χ1v) is 6.97. The maximum atomic E-state index is 13.3. The summed E-state index contributed by atoms with van der Waals surface area (Å²) in [6.07, 6.45) is 0.950. The van der Waals surface area contributed by atoms with Crippen LogP contribution in [0.25, 0.3) is 0 Å². The van der Waals surface area contributed by atoms with Crippen LogP contribution in [0.5, 0.6) is 0 Å². The fourth-order valence-electron chi connectivity index (χ4n) is 1.63. The van der Waals surface area contributed by atoms with Gasteiger partial charge in [0.2, 0.25) is 0 Å². The third-order valence-electron chi connectivity index (χ3n) is 2.67. The van der Waals surface area contributed by atoms with Gasteiger partial charge in [-0.25, -0.2) is 13.6 Å². The molecule has 3 nitrogen and oxygen atoms in total. The number of carbonyl (C=O) groups is 1. The van der Waals surface area contributed by atoms with Crippen molar-refractivity contribution in [2.45, 2.75) is 19.9 Å². The van der Waals surface area contributed by atoms with Crippen LogP contribution in [0.1, 0.15) is 16.7 Å². The molecule has 0 aliphatic heterocycles. The van der Waals surface area contributed by atoms with Crippen LogP contribution in [0.2, 0.25) is 0 Å².